The second kappa shape index (κ2) is 5.93. The average molecular weight is 404 g/mol. The zero-order valence-corrected chi connectivity index (χ0v) is 12.7. The molecule has 17 heavy (non-hydrogen) atoms. The molecule has 0 amide bonds. The van der Waals surface area contributed by atoms with Crippen LogP contribution in [0.25, 0.3) is 0 Å². The third-order valence-electron chi connectivity index (χ3n) is 2.44. The Bertz CT molecular complexity index is 501. The first-order chi connectivity index (χ1) is 8.16. The summed E-state index contributed by atoms with van der Waals surface area (Å²) >= 11 is 5.66. The van der Waals surface area contributed by atoms with Crippen LogP contribution in [0.4, 0.5) is 0 Å². The zero-order chi connectivity index (χ0) is 12.3. The predicted octanol–water partition coefficient (Wildman–Crippen LogP) is 3.72. The zero-order valence-electron chi connectivity index (χ0n) is 8.98. The van der Waals surface area contributed by atoms with Crippen molar-refractivity contribution in [2.45, 2.75) is 12.5 Å². The van der Waals surface area contributed by atoms with Crippen molar-refractivity contribution in [2.75, 3.05) is 0 Å². The largest absolute Gasteiger partial charge is 0.386 e. The molecule has 0 bridgehead atoms. The van der Waals surface area contributed by atoms with E-state index in [2.05, 4.69) is 43.5 Å². The molecule has 2 nitrogen and oxygen atoms in total. The lowest BCUT2D eigenvalue weighted by molar-refractivity contribution is 0.173. The van der Waals surface area contributed by atoms with Crippen LogP contribution in [-0.2, 0) is 6.42 Å². The lowest BCUT2D eigenvalue weighted by Crippen LogP contribution is -2.04. The van der Waals surface area contributed by atoms with E-state index in [4.69, 9.17) is 0 Å². The molecule has 4 heteroatoms. The minimum Gasteiger partial charge on any atom is -0.386 e. The highest BCUT2D eigenvalue weighted by Crippen LogP contribution is 2.23. The van der Waals surface area contributed by atoms with Gasteiger partial charge in [-0.1, -0.05) is 12.1 Å². The first kappa shape index (κ1) is 13.0. The van der Waals surface area contributed by atoms with Crippen LogP contribution >= 0.6 is 38.5 Å². The van der Waals surface area contributed by atoms with Gasteiger partial charge in [0.2, 0.25) is 0 Å². The summed E-state index contributed by atoms with van der Waals surface area (Å²) in [4.78, 5) is 4.19. The van der Waals surface area contributed by atoms with Gasteiger partial charge in [-0.25, -0.2) is 0 Å². The van der Waals surface area contributed by atoms with Crippen LogP contribution in [0.3, 0.4) is 0 Å². The predicted molar refractivity (Wildman–Crippen MR) is 79.8 cm³/mol. The summed E-state index contributed by atoms with van der Waals surface area (Å²) in [7, 11) is 0. The topological polar surface area (TPSA) is 33.1 Å². The summed E-state index contributed by atoms with van der Waals surface area (Å²) in [5.41, 5.74) is 1.79. The van der Waals surface area contributed by atoms with E-state index >= 15 is 0 Å². The summed E-state index contributed by atoms with van der Waals surface area (Å²) in [5, 5.41) is 10.1. The van der Waals surface area contributed by atoms with Gasteiger partial charge in [0.15, 0.2) is 0 Å². The fraction of sp³-hybridized carbons (Fsp3) is 0.154. The maximum atomic E-state index is 10.1. The van der Waals surface area contributed by atoms with Crippen molar-refractivity contribution < 1.29 is 5.11 Å². The molecule has 1 heterocycles. The van der Waals surface area contributed by atoms with E-state index in [9.17, 15) is 5.11 Å². The van der Waals surface area contributed by atoms with Crippen molar-refractivity contribution in [1.29, 1.82) is 0 Å². The SMILES string of the molecule is OC(Cc1ccc(I)cc1)c1ncccc1Br. The molecule has 1 atom stereocenters. The van der Waals surface area contributed by atoms with Crippen LogP contribution < -0.4 is 0 Å². The lowest BCUT2D eigenvalue weighted by Gasteiger charge is -2.11. The van der Waals surface area contributed by atoms with Crippen LogP contribution in [0.5, 0.6) is 0 Å². The number of pyridine rings is 1. The molecule has 0 fully saturated rings. The first-order valence-corrected chi connectivity index (χ1v) is 7.07. The maximum Gasteiger partial charge on any atom is 0.101 e. The van der Waals surface area contributed by atoms with Gasteiger partial charge in [0.05, 0.1) is 5.69 Å². The van der Waals surface area contributed by atoms with E-state index in [1.54, 1.807) is 6.20 Å². The van der Waals surface area contributed by atoms with Crippen molar-refractivity contribution in [3.05, 3.63) is 61.9 Å². The van der Waals surface area contributed by atoms with E-state index in [1.807, 2.05) is 36.4 Å². The quantitative estimate of drug-likeness (QED) is 0.792. The Kier molecular flexibility index (Phi) is 4.53. The molecule has 0 radical (unpaired) electrons. The van der Waals surface area contributed by atoms with Crippen LogP contribution in [0, 0.1) is 3.57 Å². The smallest absolute Gasteiger partial charge is 0.101 e. The monoisotopic (exact) mass is 403 g/mol. The molecule has 1 aromatic heterocycles. The lowest BCUT2D eigenvalue weighted by atomic mass is 10.1. The van der Waals surface area contributed by atoms with Crippen LogP contribution in [0.2, 0.25) is 0 Å². The molecule has 0 saturated carbocycles. The molecule has 0 aliphatic carbocycles. The summed E-state index contributed by atoms with van der Waals surface area (Å²) in [6.07, 6.45) is 1.69. The third kappa shape index (κ3) is 3.50. The number of aliphatic hydroxyl groups excluding tert-OH is 1. The molecule has 1 unspecified atom stereocenters. The van der Waals surface area contributed by atoms with Gasteiger partial charge in [-0.15, -0.1) is 0 Å². The van der Waals surface area contributed by atoms with E-state index in [-0.39, 0.29) is 0 Å². The number of rotatable bonds is 3. The number of benzene rings is 1. The molecule has 2 aromatic rings. The van der Waals surface area contributed by atoms with Gasteiger partial charge in [0.1, 0.15) is 6.10 Å². The molecule has 0 aliphatic rings. The summed E-state index contributed by atoms with van der Waals surface area (Å²) < 4.78 is 2.04. The number of halogens is 2. The minimum absolute atomic E-state index is 0.576. The van der Waals surface area contributed by atoms with Crippen molar-refractivity contribution in [3.63, 3.8) is 0 Å². The molecule has 2 rings (SSSR count). The summed E-state index contributed by atoms with van der Waals surface area (Å²) in [6, 6.07) is 11.9. The number of hydrogen-bond acceptors (Lipinski definition) is 2. The van der Waals surface area contributed by atoms with Crippen LogP contribution in [0.1, 0.15) is 17.4 Å². The molecule has 1 N–H and O–H groups in total. The Hall–Kier alpha value is -0.460. The molecular formula is C13H11BrINO. The second-order valence-electron chi connectivity index (χ2n) is 3.72. The van der Waals surface area contributed by atoms with Gasteiger partial charge in [-0.2, -0.15) is 0 Å². The van der Waals surface area contributed by atoms with Crippen molar-refractivity contribution >= 4 is 38.5 Å². The van der Waals surface area contributed by atoms with Gasteiger partial charge < -0.3 is 5.11 Å². The number of hydrogen-bond donors (Lipinski definition) is 1. The van der Waals surface area contributed by atoms with E-state index in [1.165, 1.54) is 3.57 Å². The average Bonchev–Trinajstić information content (AvgIpc) is 2.32. The fourth-order valence-electron chi connectivity index (χ4n) is 1.58. The van der Waals surface area contributed by atoms with E-state index in [0.29, 0.717) is 12.1 Å². The number of aliphatic hydroxyl groups is 1. The van der Waals surface area contributed by atoms with Crippen molar-refractivity contribution in [3.8, 4) is 0 Å². The van der Waals surface area contributed by atoms with Crippen molar-refractivity contribution in [2.24, 2.45) is 0 Å². The number of aromatic nitrogens is 1. The Labute approximate surface area is 122 Å². The molecule has 0 aliphatic heterocycles. The van der Waals surface area contributed by atoms with E-state index < -0.39 is 6.10 Å². The Morgan fingerprint density at radius 3 is 2.59 bits per heavy atom. The summed E-state index contributed by atoms with van der Waals surface area (Å²) in [6.45, 7) is 0. The minimum atomic E-state index is -0.578. The molecule has 0 spiro atoms. The Balaban J connectivity index is 2.14. The number of nitrogens with zero attached hydrogens (tertiary/aromatic N) is 1. The highest BCUT2D eigenvalue weighted by molar-refractivity contribution is 14.1. The summed E-state index contributed by atoms with van der Waals surface area (Å²) in [5.74, 6) is 0. The fourth-order valence-corrected chi connectivity index (χ4v) is 2.46. The van der Waals surface area contributed by atoms with E-state index in [0.717, 1.165) is 10.0 Å². The highest BCUT2D eigenvalue weighted by Gasteiger charge is 2.12. The van der Waals surface area contributed by atoms with Gasteiger partial charge >= 0.3 is 0 Å². The Morgan fingerprint density at radius 2 is 1.94 bits per heavy atom. The van der Waals surface area contributed by atoms with Crippen LogP contribution in [0.15, 0.2) is 47.1 Å². The van der Waals surface area contributed by atoms with Crippen LogP contribution in [-0.4, -0.2) is 10.1 Å². The molecular weight excluding hydrogens is 393 g/mol. The van der Waals surface area contributed by atoms with Crippen molar-refractivity contribution in [1.82, 2.24) is 4.98 Å². The highest BCUT2D eigenvalue weighted by atomic mass is 127. The molecule has 1 aromatic carbocycles. The van der Waals surface area contributed by atoms with Gasteiger partial charge in [0.25, 0.3) is 0 Å². The first-order valence-electron chi connectivity index (χ1n) is 5.20. The third-order valence-corrected chi connectivity index (χ3v) is 3.83. The van der Waals surface area contributed by atoms with Gasteiger partial charge in [-0.05, 0) is 68.3 Å². The standard InChI is InChI=1S/C13H11BrINO/c14-11-2-1-7-16-13(11)12(17)8-9-3-5-10(15)6-4-9/h1-7,12,17H,8H2. The second-order valence-corrected chi connectivity index (χ2v) is 5.82. The molecule has 0 saturated heterocycles. The molecule has 88 valence electrons. The Morgan fingerprint density at radius 1 is 1.24 bits per heavy atom. The maximum absolute atomic E-state index is 10.1. The van der Waals surface area contributed by atoms with Gasteiger partial charge in [-0.3, -0.25) is 4.98 Å². The van der Waals surface area contributed by atoms with Gasteiger partial charge in [0, 0.05) is 20.7 Å². The normalized spacial score (nSPS) is 12.4.